The fraction of sp³-hybridized carbons (Fsp3) is 0.200. The first-order valence-corrected chi connectivity index (χ1v) is 11.8. The summed E-state index contributed by atoms with van der Waals surface area (Å²) in [6.45, 7) is 4.29. The molecule has 35 heavy (non-hydrogen) atoms. The minimum absolute atomic E-state index is 0.122. The van der Waals surface area contributed by atoms with Gasteiger partial charge < -0.3 is 14.8 Å². The zero-order chi connectivity index (χ0) is 24.3. The molecule has 3 aromatic carbocycles. The topological polar surface area (TPSA) is 79.5 Å². The Morgan fingerprint density at radius 2 is 1.74 bits per heavy atom. The Bertz CT molecular complexity index is 1560. The lowest BCUT2D eigenvalue weighted by Gasteiger charge is -2.39. The molecule has 0 spiro atoms. The van der Waals surface area contributed by atoms with Gasteiger partial charge in [0.15, 0.2) is 5.78 Å². The number of Topliss-reactive ketones (excluding diaryl/α,β-unsaturated/α-hetero) is 1. The zero-order valence-corrected chi connectivity index (χ0v) is 19.6. The zero-order valence-electron chi connectivity index (χ0n) is 19.6. The molecular weight excluding hydrogens is 438 g/mol. The number of rotatable bonds is 3. The van der Waals surface area contributed by atoms with Gasteiger partial charge in [0, 0.05) is 28.8 Å². The van der Waals surface area contributed by atoms with Crippen LogP contribution in [0.5, 0.6) is 0 Å². The van der Waals surface area contributed by atoms with Crippen molar-refractivity contribution in [3.63, 3.8) is 0 Å². The molecule has 1 aliphatic carbocycles. The quantitative estimate of drug-likeness (QED) is 0.338. The third-order valence-corrected chi connectivity index (χ3v) is 7.07. The minimum Gasteiger partial charge on any atom is -0.478 e. The summed E-state index contributed by atoms with van der Waals surface area (Å²) < 4.78 is 6.24. The van der Waals surface area contributed by atoms with Gasteiger partial charge in [-0.3, -0.25) is 4.79 Å². The maximum Gasteiger partial charge on any atom is 0.336 e. The average Bonchev–Trinajstić information content (AvgIpc) is 3.32. The number of hydrogen-bond acceptors (Lipinski definition) is 4. The van der Waals surface area contributed by atoms with Crippen molar-refractivity contribution in [2.24, 2.45) is 5.41 Å². The predicted molar refractivity (Wildman–Crippen MR) is 136 cm³/mol. The van der Waals surface area contributed by atoms with Crippen molar-refractivity contribution in [1.82, 2.24) is 0 Å². The number of allylic oxidation sites excluding steroid dienone is 1. The second-order valence-corrected chi connectivity index (χ2v) is 10.2. The normalized spacial score (nSPS) is 18.7. The highest BCUT2D eigenvalue weighted by Gasteiger charge is 2.41. The SMILES string of the molecule is CC1(C)CC(=O)C2=C(C1)c1c(ccc3ccccc13)N[C@H]2c1ccc(-c2ccccc2C(=O)O)o1. The Labute approximate surface area is 203 Å². The Balaban J connectivity index is 1.53. The summed E-state index contributed by atoms with van der Waals surface area (Å²) in [5.74, 6) is 0.176. The highest BCUT2D eigenvalue weighted by atomic mass is 16.4. The molecule has 4 aromatic rings. The van der Waals surface area contributed by atoms with Crippen LogP contribution in [0.2, 0.25) is 0 Å². The lowest BCUT2D eigenvalue weighted by Crippen LogP contribution is -2.33. The van der Waals surface area contributed by atoms with Gasteiger partial charge in [0.2, 0.25) is 0 Å². The van der Waals surface area contributed by atoms with Crippen molar-refractivity contribution in [3.8, 4) is 11.3 Å². The standard InChI is InChI=1S/C30H25NO4/c1-30(2)15-21-26-18-8-4-3-7-17(18)11-12-22(26)31-28(27(21)23(32)16-30)25-14-13-24(35-25)19-9-5-6-10-20(19)29(33)34/h3-14,28,31H,15-16H2,1-2H3,(H,33,34)/t28-/m0/s1. The first-order chi connectivity index (χ1) is 16.8. The molecule has 5 heteroatoms. The fourth-order valence-corrected chi connectivity index (χ4v) is 5.59. The Morgan fingerprint density at radius 1 is 0.971 bits per heavy atom. The molecular formula is C30H25NO4. The van der Waals surface area contributed by atoms with Gasteiger partial charge in [-0.2, -0.15) is 0 Å². The number of benzene rings is 3. The van der Waals surface area contributed by atoms with Gasteiger partial charge in [0.1, 0.15) is 17.6 Å². The van der Waals surface area contributed by atoms with Crippen LogP contribution in [0.4, 0.5) is 5.69 Å². The van der Waals surface area contributed by atoms with Crippen molar-refractivity contribution in [2.75, 3.05) is 5.32 Å². The van der Waals surface area contributed by atoms with E-state index in [-0.39, 0.29) is 16.8 Å². The van der Waals surface area contributed by atoms with Crippen LogP contribution >= 0.6 is 0 Å². The summed E-state index contributed by atoms with van der Waals surface area (Å²) in [5, 5.41) is 15.5. The summed E-state index contributed by atoms with van der Waals surface area (Å²) in [7, 11) is 0. The highest BCUT2D eigenvalue weighted by molar-refractivity contribution is 6.12. The smallest absolute Gasteiger partial charge is 0.336 e. The molecule has 0 bridgehead atoms. The van der Waals surface area contributed by atoms with E-state index in [4.69, 9.17) is 4.42 Å². The molecule has 0 radical (unpaired) electrons. The third-order valence-electron chi connectivity index (χ3n) is 7.07. The molecule has 0 unspecified atom stereocenters. The van der Waals surface area contributed by atoms with Crippen LogP contribution in [-0.2, 0) is 4.79 Å². The summed E-state index contributed by atoms with van der Waals surface area (Å²) in [4.78, 5) is 25.3. The number of carboxylic acids is 1. The van der Waals surface area contributed by atoms with E-state index < -0.39 is 12.0 Å². The molecule has 2 aliphatic rings. The van der Waals surface area contributed by atoms with Crippen molar-refractivity contribution in [2.45, 2.75) is 32.7 Å². The molecule has 2 heterocycles. The van der Waals surface area contributed by atoms with Crippen LogP contribution in [0.3, 0.4) is 0 Å². The summed E-state index contributed by atoms with van der Waals surface area (Å²) in [5.41, 5.74) is 4.45. The van der Waals surface area contributed by atoms with E-state index in [1.54, 1.807) is 30.3 Å². The van der Waals surface area contributed by atoms with Crippen molar-refractivity contribution in [3.05, 3.63) is 95.3 Å². The molecule has 6 rings (SSSR count). The van der Waals surface area contributed by atoms with Crippen molar-refractivity contribution >= 4 is 33.8 Å². The van der Waals surface area contributed by atoms with E-state index in [2.05, 4.69) is 43.4 Å². The molecule has 0 amide bonds. The first kappa shape index (κ1) is 21.4. The number of ketones is 1. The van der Waals surface area contributed by atoms with Crippen LogP contribution in [0.25, 0.3) is 27.7 Å². The summed E-state index contributed by atoms with van der Waals surface area (Å²) in [6, 6.07) is 22.4. The number of anilines is 1. The molecule has 1 aliphatic heterocycles. The number of carbonyl (C=O) groups excluding carboxylic acids is 1. The van der Waals surface area contributed by atoms with E-state index in [0.29, 0.717) is 23.5 Å². The molecule has 1 atom stereocenters. The number of carbonyl (C=O) groups is 2. The van der Waals surface area contributed by atoms with Crippen molar-refractivity contribution in [1.29, 1.82) is 0 Å². The molecule has 1 aromatic heterocycles. The van der Waals surface area contributed by atoms with Gasteiger partial charge in [-0.1, -0.05) is 62.4 Å². The van der Waals surface area contributed by atoms with Gasteiger partial charge in [-0.05, 0) is 52.4 Å². The third kappa shape index (κ3) is 3.46. The highest BCUT2D eigenvalue weighted by Crippen LogP contribution is 2.52. The van der Waals surface area contributed by atoms with Crippen LogP contribution in [0.1, 0.15) is 54.4 Å². The lowest BCUT2D eigenvalue weighted by molar-refractivity contribution is -0.118. The van der Waals surface area contributed by atoms with Crippen LogP contribution < -0.4 is 5.32 Å². The van der Waals surface area contributed by atoms with Gasteiger partial charge in [0.05, 0.1) is 5.56 Å². The van der Waals surface area contributed by atoms with E-state index in [0.717, 1.165) is 39.6 Å². The number of hydrogen-bond donors (Lipinski definition) is 2. The number of nitrogens with one attached hydrogen (secondary N) is 1. The van der Waals surface area contributed by atoms with Gasteiger partial charge in [-0.25, -0.2) is 4.79 Å². The minimum atomic E-state index is -1.01. The molecule has 5 nitrogen and oxygen atoms in total. The maximum absolute atomic E-state index is 13.6. The monoisotopic (exact) mass is 463 g/mol. The number of furan rings is 1. The molecule has 2 N–H and O–H groups in total. The van der Waals surface area contributed by atoms with Gasteiger partial charge in [0.25, 0.3) is 0 Å². The second-order valence-electron chi connectivity index (χ2n) is 10.2. The fourth-order valence-electron chi connectivity index (χ4n) is 5.59. The van der Waals surface area contributed by atoms with E-state index in [1.807, 2.05) is 18.2 Å². The predicted octanol–water partition coefficient (Wildman–Crippen LogP) is 7.11. The Hall–Kier alpha value is -4.12. The van der Waals surface area contributed by atoms with Gasteiger partial charge in [-0.15, -0.1) is 0 Å². The number of aromatic carboxylic acids is 1. The Kier molecular flexibility index (Phi) is 4.71. The van der Waals surface area contributed by atoms with E-state index >= 15 is 0 Å². The summed E-state index contributed by atoms with van der Waals surface area (Å²) in [6.07, 6.45) is 1.27. The van der Waals surface area contributed by atoms with E-state index in [1.165, 1.54) is 0 Å². The van der Waals surface area contributed by atoms with Crippen LogP contribution in [-0.4, -0.2) is 16.9 Å². The lowest BCUT2D eigenvalue weighted by atomic mass is 9.68. The number of fused-ring (bicyclic) bond motifs is 4. The van der Waals surface area contributed by atoms with Gasteiger partial charge >= 0.3 is 5.97 Å². The molecule has 174 valence electrons. The summed E-state index contributed by atoms with van der Waals surface area (Å²) >= 11 is 0. The number of carboxylic acid groups (broad SMARTS) is 1. The average molecular weight is 464 g/mol. The molecule has 0 saturated heterocycles. The van der Waals surface area contributed by atoms with Crippen molar-refractivity contribution < 1.29 is 19.1 Å². The largest absolute Gasteiger partial charge is 0.478 e. The van der Waals surface area contributed by atoms with Crippen LogP contribution in [0.15, 0.2) is 82.8 Å². The molecule has 0 fully saturated rings. The molecule has 0 saturated carbocycles. The Morgan fingerprint density at radius 3 is 2.57 bits per heavy atom. The van der Waals surface area contributed by atoms with E-state index in [9.17, 15) is 14.7 Å². The maximum atomic E-state index is 13.6. The first-order valence-electron chi connectivity index (χ1n) is 11.8. The second kappa shape index (κ2) is 7.70. The van der Waals surface area contributed by atoms with Crippen LogP contribution in [0, 0.1) is 5.41 Å².